The van der Waals surface area contributed by atoms with E-state index >= 15 is 0 Å². The molecule has 0 aliphatic rings. The third kappa shape index (κ3) is 5.19. The Hall–Kier alpha value is -7.42. The van der Waals surface area contributed by atoms with Crippen molar-refractivity contribution in [3.63, 3.8) is 0 Å². The third-order valence-electron chi connectivity index (χ3n) is 11.3. The summed E-state index contributed by atoms with van der Waals surface area (Å²) < 4.78 is 4.90. The van der Waals surface area contributed by atoms with Crippen molar-refractivity contribution in [2.24, 2.45) is 0 Å². The first kappa shape index (κ1) is 32.0. The second kappa shape index (κ2) is 13.2. The predicted octanol–water partition coefficient (Wildman–Crippen LogP) is 14.5. The van der Waals surface area contributed by atoms with Gasteiger partial charge in [0.2, 0.25) is 0 Å². The van der Waals surface area contributed by atoms with Crippen molar-refractivity contribution in [1.29, 1.82) is 0 Å². The summed E-state index contributed by atoms with van der Waals surface area (Å²) in [6, 6.07) is 79.2. The zero-order valence-electron chi connectivity index (χ0n) is 30.7. The fourth-order valence-electron chi connectivity index (χ4n) is 8.75. The molecule has 11 aromatic rings. The van der Waals surface area contributed by atoms with Crippen molar-refractivity contribution < 1.29 is 0 Å². The number of benzene rings is 9. The molecule has 0 aliphatic carbocycles. The monoisotopic (exact) mass is 712 g/mol. The number of hydrogen-bond acceptors (Lipinski definition) is 0. The Morgan fingerprint density at radius 2 is 0.679 bits per heavy atom. The highest BCUT2D eigenvalue weighted by Gasteiger charge is 2.21. The molecule has 2 heteroatoms. The van der Waals surface area contributed by atoms with E-state index < -0.39 is 0 Å². The topological polar surface area (TPSA) is 9.86 Å². The first-order valence-electron chi connectivity index (χ1n) is 19.3. The lowest BCUT2D eigenvalue weighted by Gasteiger charge is -2.15. The van der Waals surface area contributed by atoms with Crippen LogP contribution >= 0.6 is 0 Å². The fourth-order valence-corrected chi connectivity index (χ4v) is 8.75. The van der Waals surface area contributed by atoms with E-state index in [0.29, 0.717) is 0 Å². The molecule has 0 spiro atoms. The van der Waals surface area contributed by atoms with Crippen molar-refractivity contribution >= 4 is 43.6 Å². The van der Waals surface area contributed by atoms with E-state index in [1.165, 1.54) is 93.8 Å². The Bertz CT molecular complexity index is 3200. The quantitative estimate of drug-likeness (QED) is 0.162. The van der Waals surface area contributed by atoms with Crippen molar-refractivity contribution in [1.82, 2.24) is 9.13 Å². The van der Waals surface area contributed by atoms with Gasteiger partial charge in [-0.3, -0.25) is 0 Å². The fraction of sp³-hybridized carbons (Fsp3) is 0. The SMILES string of the molecule is c1ccc(-c2ccc(-c3ccccc3-n3c4ccccc4c4c5c6ccccc6n(-c6ccc(-c7cccc(-c8ccccc8)c7)cc6)c5ccc43)cc2)cc1. The van der Waals surface area contributed by atoms with Crippen LogP contribution < -0.4 is 0 Å². The molecule has 0 bridgehead atoms. The van der Waals surface area contributed by atoms with E-state index in [1.54, 1.807) is 0 Å². The minimum absolute atomic E-state index is 1.14. The average molecular weight is 713 g/mol. The van der Waals surface area contributed by atoms with Gasteiger partial charge in [0.15, 0.2) is 0 Å². The molecule has 9 aromatic carbocycles. The molecule has 2 aromatic heterocycles. The van der Waals surface area contributed by atoms with Gasteiger partial charge in [0.05, 0.1) is 27.8 Å². The van der Waals surface area contributed by atoms with Gasteiger partial charge in [-0.05, 0) is 87.5 Å². The van der Waals surface area contributed by atoms with Gasteiger partial charge in [-0.1, -0.05) is 170 Å². The molecule has 2 nitrogen and oxygen atoms in total. The summed E-state index contributed by atoms with van der Waals surface area (Å²) in [5, 5.41) is 5.05. The van der Waals surface area contributed by atoms with Crippen LogP contribution in [0.15, 0.2) is 218 Å². The molecule has 11 rings (SSSR count). The standard InChI is InChI=1S/C54H36N2/c1-3-14-37(15-4-1)39-26-28-41(29-27-39)45-20-7-10-23-48(45)56-50-25-12-9-22-47(50)54-52(56)35-34-51-53(54)46-21-8-11-24-49(46)55(51)44-32-30-40(31-33-44)43-19-13-18-42(36-43)38-16-5-2-6-17-38/h1-36H. The van der Waals surface area contributed by atoms with Gasteiger partial charge in [-0.15, -0.1) is 0 Å². The number of para-hydroxylation sites is 3. The van der Waals surface area contributed by atoms with Crippen LogP contribution in [0.3, 0.4) is 0 Å². The molecule has 0 amide bonds. The Balaban J connectivity index is 1.07. The Kier molecular flexibility index (Phi) is 7.53. The summed E-state index contributed by atoms with van der Waals surface area (Å²) in [5.41, 5.74) is 16.8. The minimum Gasteiger partial charge on any atom is -0.309 e. The second-order valence-electron chi connectivity index (χ2n) is 14.5. The molecule has 262 valence electrons. The molecular formula is C54H36N2. The van der Waals surface area contributed by atoms with Gasteiger partial charge in [-0.2, -0.15) is 0 Å². The van der Waals surface area contributed by atoms with E-state index in [2.05, 4.69) is 228 Å². The van der Waals surface area contributed by atoms with Crippen LogP contribution in [0.2, 0.25) is 0 Å². The third-order valence-corrected chi connectivity index (χ3v) is 11.3. The van der Waals surface area contributed by atoms with Crippen molar-refractivity contribution in [2.75, 3.05) is 0 Å². The van der Waals surface area contributed by atoms with Crippen molar-refractivity contribution in [2.45, 2.75) is 0 Å². The maximum atomic E-state index is 2.47. The normalized spacial score (nSPS) is 11.6. The van der Waals surface area contributed by atoms with Crippen LogP contribution in [-0.4, -0.2) is 9.13 Å². The molecule has 56 heavy (non-hydrogen) atoms. The molecule has 0 fully saturated rings. The van der Waals surface area contributed by atoms with Crippen molar-refractivity contribution in [3.05, 3.63) is 218 Å². The van der Waals surface area contributed by atoms with E-state index in [9.17, 15) is 0 Å². The number of rotatable bonds is 6. The number of hydrogen-bond donors (Lipinski definition) is 0. The molecule has 2 heterocycles. The zero-order valence-corrected chi connectivity index (χ0v) is 30.7. The maximum Gasteiger partial charge on any atom is 0.0549 e. The van der Waals surface area contributed by atoms with Crippen LogP contribution in [-0.2, 0) is 0 Å². The summed E-state index contributed by atoms with van der Waals surface area (Å²) >= 11 is 0. The summed E-state index contributed by atoms with van der Waals surface area (Å²) in [6.07, 6.45) is 0. The lowest BCUT2D eigenvalue weighted by molar-refractivity contribution is 1.17. The number of nitrogens with zero attached hydrogens (tertiary/aromatic N) is 2. The van der Waals surface area contributed by atoms with Gasteiger partial charge in [-0.25, -0.2) is 0 Å². The summed E-state index contributed by atoms with van der Waals surface area (Å²) in [5.74, 6) is 0. The molecule has 0 saturated carbocycles. The Morgan fingerprint density at radius 3 is 1.32 bits per heavy atom. The Labute approximate surface area is 325 Å². The highest BCUT2D eigenvalue weighted by Crippen LogP contribution is 2.43. The first-order chi connectivity index (χ1) is 27.8. The van der Waals surface area contributed by atoms with Crippen LogP contribution in [0, 0.1) is 0 Å². The second-order valence-corrected chi connectivity index (χ2v) is 14.5. The summed E-state index contributed by atoms with van der Waals surface area (Å²) in [4.78, 5) is 0. The first-order valence-corrected chi connectivity index (χ1v) is 19.3. The highest BCUT2D eigenvalue weighted by atomic mass is 15.0. The van der Waals surface area contributed by atoms with Crippen LogP contribution in [0.5, 0.6) is 0 Å². The minimum atomic E-state index is 1.14. The lowest BCUT2D eigenvalue weighted by Crippen LogP contribution is -1.97. The van der Waals surface area contributed by atoms with E-state index in [1.807, 2.05) is 0 Å². The van der Waals surface area contributed by atoms with Gasteiger partial charge in [0, 0.05) is 32.8 Å². The van der Waals surface area contributed by atoms with Gasteiger partial charge in [0.1, 0.15) is 0 Å². The van der Waals surface area contributed by atoms with Gasteiger partial charge >= 0.3 is 0 Å². The summed E-state index contributed by atoms with van der Waals surface area (Å²) in [6.45, 7) is 0. The summed E-state index contributed by atoms with van der Waals surface area (Å²) in [7, 11) is 0. The predicted molar refractivity (Wildman–Crippen MR) is 237 cm³/mol. The van der Waals surface area contributed by atoms with E-state index in [4.69, 9.17) is 0 Å². The molecular weight excluding hydrogens is 677 g/mol. The highest BCUT2D eigenvalue weighted by molar-refractivity contribution is 6.29. The molecule has 0 unspecified atom stereocenters. The lowest BCUT2D eigenvalue weighted by atomic mass is 9.99. The number of fused-ring (bicyclic) bond motifs is 7. The van der Waals surface area contributed by atoms with E-state index in [-0.39, 0.29) is 0 Å². The van der Waals surface area contributed by atoms with Crippen LogP contribution in [0.25, 0.3) is 99.5 Å². The molecule has 0 aliphatic heterocycles. The van der Waals surface area contributed by atoms with Crippen LogP contribution in [0.1, 0.15) is 0 Å². The van der Waals surface area contributed by atoms with Gasteiger partial charge < -0.3 is 9.13 Å². The van der Waals surface area contributed by atoms with E-state index in [0.717, 1.165) is 5.69 Å². The smallest absolute Gasteiger partial charge is 0.0549 e. The molecule has 0 N–H and O–H groups in total. The largest absolute Gasteiger partial charge is 0.309 e. The average Bonchev–Trinajstić information content (AvgIpc) is 3.80. The molecule has 0 saturated heterocycles. The van der Waals surface area contributed by atoms with Crippen LogP contribution in [0.4, 0.5) is 0 Å². The molecule has 0 radical (unpaired) electrons. The maximum absolute atomic E-state index is 2.47. The van der Waals surface area contributed by atoms with Crippen molar-refractivity contribution in [3.8, 4) is 55.9 Å². The molecule has 0 atom stereocenters. The van der Waals surface area contributed by atoms with Gasteiger partial charge in [0.25, 0.3) is 0 Å². The number of aromatic nitrogens is 2. The zero-order chi connectivity index (χ0) is 37.0. The Morgan fingerprint density at radius 1 is 0.250 bits per heavy atom.